The van der Waals surface area contributed by atoms with Crippen LogP contribution in [0.2, 0.25) is 0 Å². The third-order valence-electron chi connectivity index (χ3n) is 1.77. The summed E-state index contributed by atoms with van der Waals surface area (Å²) < 4.78 is 10.8. The van der Waals surface area contributed by atoms with Gasteiger partial charge in [-0.3, -0.25) is 0 Å². The highest BCUT2D eigenvalue weighted by atomic mass is 16.6. The van der Waals surface area contributed by atoms with Crippen molar-refractivity contribution in [1.82, 2.24) is 4.90 Å². The molecule has 2 aliphatic heterocycles. The third-order valence-corrected chi connectivity index (χ3v) is 1.77. The largest absolute Gasteiger partial charge is 0.489 e. The molecule has 0 fully saturated rings. The van der Waals surface area contributed by atoms with E-state index in [9.17, 15) is 0 Å². The molecule has 0 aromatic heterocycles. The minimum Gasteiger partial charge on any atom is -0.489 e. The van der Waals surface area contributed by atoms with E-state index in [1.165, 1.54) is 0 Å². The van der Waals surface area contributed by atoms with E-state index in [2.05, 4.69) is 4.90 Å². The molecule has 0 unspecified atom stereocenters. The number of likely N-dealkylation sites (N-methyl/N-ethyl adjacent to an activating group) is 1. The van der Waals surface area contributed by atoms with Gasteiger partial charge < -0.3 is 14.4 Å². The summed E-state index contributed by atoms with van der Waals surface area (Å²) in [5.41, 5.74) is 0. The smallest absolute Gasteiger partial charge is 0.160 e. The molecule has 0 atom stereocenters. The van der Waals surface area contributed by atoms with Gasteiger partial charge in [-0.25, -0.2) is 0 Å². The summed E-state index contributed by atoms with van der Waals surface area (Å²) in [7, 11) is 2.01. The van der Waals surface area contributed by atoms with Gasteiger partial charge in [0.25, 0.3) is 0 Å². The number of allylic oxidation sites excluding steroid dienone is 1. The van der Waals surface area contributed by atoms with Crippen LogP contribution in [0, 0.1) is 0 Å². The molecule has 0 bridgehead atoms. The van der Waals surface area contributed by atoms with Crippen LogP contribution < -0.4 is 0 Å². The zero-order valence-electron chi connectivity index (χ0n) is 6.54. The summed E-state index contributed by atoms with van der Waals surface area (Å²) in [4.78, 5) is 2.06. The quantitative estimate of drug-likeness (QED) is 0.511. The lowest BCUT2D eigenvalue weighted by atomic mass is 10.3. The number of rotatable bonds is 0. The Hall–Kier alpha value is -1.12. The molecule has 0 amide bonds. The van der Waals surface area contributed by atoms with Crippen LogP contribution in [0.15, 0.2) is 23.8 Å². The molecular formula is C8H11NO2. The SMILES string of the molecule is CN1C=CC2=C(C1)OCCO2. The monoisotopic (exact) mass is 153 g/mol. The summed E-state index contributed by atoms with van der Waals surface area (Å²) in [6.07, 6.45) is 3.94. The highest BCUT2D eigenvalue weighted by molar-refractivity contribution is 5.22. The van der Waals surface area contributed by atoms with Crippen molar-refractivity contribution in [2.45, 2.75) is 0 Å². The molecule has 2 aliphatic rings. The molecule has 3 heteroatoms. The van der Waals surface area contributed by atoms with Gasteiger partial charge >= 0.3 is 0 Å². The molecule has 3 nitrogen and oxygen atoms in total. The van der Waals surface area contributed by atoms with Crippen molar-refractivity contribution in [3.8, 4) is 0 Å². The Kier molecular flexibility index (Phi) is 1.49. The Balaban J connectivity index is 2.20. The first-order valence-electron chi connectivity index (χ1n) is 3.73. The molecule has 0 saturated heterocycles. The average Bonchev–Trinajstić information content (AvgIpc) is 2.04. The van der Waals surface area contributed by atoms with Gasteiger partial charge in [0, 0.05) is 13.2 Å². The fourth-order valence-electron chi connectivity index (χ4n) is 1.21. The van der Waals surface area contributed by atoms with E-state index in [0.29, 0.717) is 13.2 Å². The van der Waals surface area contributed by atoms with E-state index >= 15 is 0 Å². The molecule has 11 heavy (non-hydrogen) atoms. The van der Waals surface area contributed by atoms with Crippen LogP contribution in [0.1, 0.15) is 0 Å². The average molecular weight is 153 g/mol. The Bertz CT molecular complexity index is 220. The molecule has 0 aromatic carbocycles. The van der Waals surface area contributed by atoms with Crippen LogP contribution in [-0.4, -0.2) is 31.7 Å². The van der Waals surface area contributed by atoms with Crippen molar-refractivity contribution in [3.63, 3.8) is 0 Å². The summed E-state index contributed by atoms with van der Waals surface area (Å²) in [6, 6.07) is 0. The standard InChI is InChI=1S/C8H11NO2/c1-9-3-2-7-8(6-9)11-5-4-10-7/h2-3H,4-6H2,1H3. The number of ether oxygens (including phenoxy) is 2. The molecule has 0 saturated carbocycles. The van der Waals surface area contributed by atoms with E-state index in [0.717, 1.165) is 18.1 Å². The first kappa shape index (κ1) is 6.58. The maximum absolute atomic E-state index is 5.41. The zero-order chi connectivity index (χ0) is 7.68. The fourth-order valence-corrected chi connectivity index (χ4v) is 1.21. The van der Waals surface area contributed by atoms with Crippen LogP contribution in [0.3, 0.4) is 0 Å². The van der Waals surface area contributed by atoms with E-state index in [1.54, 1.807) is 0 Å². The molecule has 2 rings (SSSR count). The van der Waals surface area contributed by atoms with Gasteiger partial charge in [0.15, 0.2) is 11.5 Å². The number of hydrogen-bond donors (Lipinski definition) is 0. The minimum absolute atomic E-state index is 0.673. The second-order valence-corrected chi connectivity index (χ2v) is 2.72. The summed E-state index contributed by atoms with van der Waals surface area (Å²) >= 11 is 0. The van der Waals surface area contributed by atoms with Crippen molar-refractivity contribution in [3.05, 3.63) is 23.8 Å². The number of hydrogen-bond acceptors (Lipinski definition) is 3. The molecule has 0 radical (unpaired) electrons. The highest BCUT2D eigenvalue weighted by Gasteiger charge is 2.17. The van der Waals surface area contributed by atoms with Gasteiger partial charge in [0.05, 0.1) is 6.54 Å². The lowest BCUT2D eigenvalue weighted by molar-refractivity contribution is 0.0576. The normalized spacial score (nSPS) is 22.5. The van der Waals surface area contributed by atoms with Gasteiger partial charge in [-0.2, -0.15) is 0 Å². The van der Waals surface area contributed by atoms with Crippen LogP contribution >= 0.6 is 0 Å². The van der Waals surface area contributed by atoms with Crippen LogP contribution in [-0.2, 0) is 9.47 Å². The van der Waals surface area contributed by atoms with Gasteiger partial charge in [0.2, 0.25) is 0 Å². The zero-order valence-corrected chi connectivity index (χ0v) is 6.54. The maximum atomic E-state index is 5.41. The van der Waals surface area contributed by atoms with E-state index < -0.39 is 0 Å². The first-order valence-corrected chi connectivity index (χ1v) is 3.73. The van der Waals surface area contributed by atoms with E-state index in [4.69, 9.17) is 9.47 Å². The Morgan fingerprint density at radius 2 is 2.18 bits per heavy atom. The summed E-state index contributed by atoms with van der Waals surface area (Å²) in [5.74, 6) is 1.86. The summed E-state index contributed by atoms with van der Waals surface area (Å²) in [6.45, 7) is 2.18. The van der Waals surface area contributed by atoms with Crippen LogP contribution in [0.5, 0.6) is 0 Å². The molecule has 0 spiro atoms. The van der Waals surface area contributed by atoms with Gasteiger partial charge in [-0.05, 0) is 6.08 Å². The van der Waals surface area contributed by atoms with Gasteiger partial charge in [-0.1, -0.05) is 0 Å². The second kappa shape index (κ2) is 2.49. The van der Waals surface area contributed by atoms with Gasteiger partial charge in [-0.15, -0.1) is 0 Å². The van der Waals surface area contributed by atoms with Crippen molar-refractivity contribution in [2.75, 3.05) is 26.8 Å². The van der Waals surface area contributed by atoms with Crippen molar-refractivity contribution in [2.24, 2.45) is 0 Å². The van der Waals surface area contributed by atoms with E-state index in [-0.39, 0.29) is 0 Å². The predicted molar refractivity (Wildman–Crippen MR) is 40.7 cm³/mol. The Morgan fingerprint density at radius 1 is 1.36 bits per heavy atom. The van der Waals surface area contributed by atoms with Gasteiger partial charge in [0.1, 0.15) is 13.2 Å². The Morgan fingerprint density at radius 3 is 3.09 bits per heavy atom. The highest BCUT2D eigenvalue weighted by Crippen LogP contribution is 2.19. The van der Waals surface area contributed by atoms with Crippen molar-refractivity contribution >= 4 is 0 Å². The van der Waals surface area contributed by atoms with Crippen LogP contribution in [0.4, 0.5) is 0 Å². The van der Waals surface area contributed by atoms with Crippen molar-refractivity contribution in [1.29, 1.82) is 0 Å². The topological polar surface area (TPSA) is 21.7 Å². The van der Waals surface area contributed by atoms with Crippen molar-refractivity contribution < 1.29 is 9.47 Å². The molecule has 2 heterocycles. The fraction of sp³-hybridized carbons (Fsp3) is 0.500. The molecule has 0 aliphatic carbocycles. The molecule has 0 N–H and O–H groups in total. The lowest BCUT2D eigenvalue weighted by Gasteiger charge is -2.27. The summed E-state index contributed by atoms with van der Waals surface area (Å²) in [5, 5.41) is 0. The molecule has 0 aromatic rings. The number of nitrogens with zero attached hydrogens (tertiary/aromatic N) is 1. The van der Waals surface area contributed by atoms with Crippen LogP contribution in [0.25, 0.3) is 0 Å². The maximum Gasteiger partial charge on any atom is 0.160 e. The lowest BCUT2D eigenvalue weighted by Crippen LogP contribution is -2.25. The third kappa shape index (κ3) is 1.18. The minimum atomic E-state index is 0.673. The molecular weight excluding hydrogens is 142 g/mol. The Labute approximate surface area is 65.9 Å². The van der Waals surface area contributed by atoms with E-state index in [1.807, 2.05) is 19.3 Å². The predicted octanol–water partition coefficient (Wildman–Crippen LogP) is 0.704. The second-order valence-electron chi connectivity index (χ2n) is 2.72. The molecule has 60 valence electrons. The first-order chi connectivity index (χ1) is 5.36.